The lowest BCUT2D eigenvalue weighted by Crippen LogP contribution is -2.05. The van der Waals surface area contributed by atoms with Gasteiger partial charge >= 0.3 is 0 Å². The van der Waals surface area contributed by atoms with E-state index in [2.05, 4.69) is 10.3 Å². The summed E-state index contributed by atoms with van der Waals surface area (Å²) >= 11 is 0. The number of aromatic hydroxyl groups is 1. The summed E-state index contributed by atoms with van der Waals surface area (Å²) in [5.41, 5.74) is 1.09. The van der Waals surface area contributed by atoms with Crippen molar-refractivity contribution in [2.45, 2.75) is 11.8 Å². The van der Waals surface area contributed by atoms with Gasteiger partial charge in [0.2, 0.25) is 0 Å². The highest BCUT2D eigenvalue weighted by Gasteiger charge is 2.16. The molecule has 0 aliphatic rings. The van der Waals surface area contributed by atoms with Crippen LogP contribution in [-0.4, -0.2) is 31.4 Å². The van der Waals surface area contributed by atoms with E-state index < -0.39 is 9.84 Å². The minimum absolute atomic E-state index is 0.000576. The SMILES string of the molecule is CCS(=O)(=O)c1ccc(OC)c(Nc2ncc(-c3cccc(O)c3)o2)c1. The maximum absolute atomic E-state index is 12.1. The Morgan fingerprint density at radius 2 is 2.04 bits per heavy atom. The maximum atomic E-state index is 12.1. The third kappa shape index (κ3) is 3.65. The number of phenols is 1. The molecular weight excluding hydrogens is 356 g/mol. The number of hydrogen-bond donors (Lipinski definition) is 2. The van der Waals surface area contributed by atoms with E-state index in [9.17, 15) is 13.5 Å². The monoisotopic (exact) mass is 374 g/mol. The summed E-state index contributed by atoms with van der Waals surface area (Å²) in [6.07, 6.45) is 1.51. The number of rotatable bonds is 6. The zero-order valence-electron chi connectivity index (χ0n) is 14.3. The third-order valence-corrected chi connectivity index (χ3v) is 5.52. The molecule has 1 aromatic heterocycles. The first kappa shape index (κ1) is 17.8. The number of nitrogens with zero attached hydrogens (tertiary/aromatic N) is 1. The second-order valence-corrected chi connectivity index (χ2v) is 7.75. The van der Waals surface area contributed by atoms with Gasteiger partial charge < -0.3 is 19.6 Å². The molecular formula is C18H18N2O5S. The molecule has 0 amide bonds. The molecule has 8 heteroatoms. The van der Waals surface area contributed by atoms with Crippen molar-refractivity contribution in [2.24, 2.45) is 0 Å². The molecule has 2 N–H and O–H groups in total. The maximum Gasteiger partial charge on any atom is 0.299 e. The van der Waals surface area contributed by atoms with Crippen molar-refractivity contribution in [2.75, 3.05) is 18.2 Å². The number of ether oxygens (including phenoxy) is 1. The van der Waals surface area contributed by atoms with Gasteiger partial charge in [0.1, 0.15) is 11.5 Å². The van der Waals surface area contributed by atoms with Crippen LogP contribution >= 0.6 is 0 Å². The lowest BCUT2D eigenvalue weighted by atomic mass is 10.2. The van der Waals surface area contributed by atoms with Crippen molar-refractivity contribution < 1.29 is 22.7 Å². The fourth-order valence-corrected chi connectivity index (χ4v) is 3.29. The van der Waals surface area contributed by atoms with Gasteiger partial charge in [-0.15, -0.1) is 0 Å². The minimum Gasteiger partial charge on any atom is -0.508 e. The number of aromatic nitrogens is 1. The quantitative estimate of drug-likeness (QED) is 0.680. The standard InChI is InChI=1S/C18H18N2O5S/c1-3-26(22,23)14-7-8-16(24-2)15(10-14)20-18-19-11-17(25-18)12-5-4-6-13(21)9-12/h4-11,21H,3H2,1-2H3,(H,19,20). The van der Waals surface area contributed by atoms with Gasteiger partial charge in [0, 0.05) is 5.56 Å². The van der Waals surface area contributed by atoms with E-state index in [0.29, 0.717) is 22.8 Å². The van der Waals surface area contributed by atoms with Gasteiger partial charge in [-0.25, -0.2) is 13.4 Å². The lowest BCUT2D eigenvalue weighted by Gasteiger charge is -2.10. The van der Waals surface area contributed by atoms with Crippen molar-refractivity contribution >= 4 is 21.5 Å². The van der Waals surface area contributed by atoms with Crippen molar-refractivity contribution in [3.63, 3.8) is 0 Å². The summed E-state index contributed by atoms with van der Waals surface area (Å²) in [7, 11) is -1.87. The molecule has 0 bridgehead atoms. The van der Waals surface area contributed by atoms with Gasteiger partial charge in [-0.1, -0.05) is 19.1 Å². The number of phenolic OH excluding ortho intramolecular Hbond substituents is 1. The Morgan fingerprint density at radius 3 is 2.73 bits per heavy atom. The van der Waals surface area contributed by atoms with E-state index in [1.807, 2.05) is 0 Å². The minimum atomic E-state index is -3.35. The first-order chi connectivity index (χ1) is 12.4. The van der Waals surface area contributed by atoms with E-state index in [0.717, 1.165) is 0 Å². The van der Waals surface area contributed by atoms with Crippen LogP contribution in [0.4, 0.5) is 11.7 Å². The molecule has 3 aromatic rings. The molecule has 0 saturated heterocycles. The second-order valence-electron chi connectivity index (χ2n) is 5.47. The Labute approximate surface area is 151 Å². The van der Waals surface area contributed by atoms with E-state index in [-0.39, 0.29) is 22.4 Å². The molecule has 0 atom stereocenters. The Balaban J connectivity index is 1.93. The largest absolute Gasteiger partial charge is 0.508 e. The van der Waals surface area contributed by atoms with Crippen LogP contribution < -0.4 is 10.1 Å². The summed E-state index contributed by atoms with van der Waals surface area (Å²) in [4.78, 5) is 4.32. The van der Waals surface area contributed by atoms with E-state index in [1.54, 1.807) is 37.3 Å². The predicted octanol–water partition coefficient (Wildman–Crippen LogP) is 3.59. The zero-order chi connectivity index (χ0) is 18.7. The highest BCUT2D eigenvalue weighted by molar-refractivity contribution is 7.91. The summed E-state index contributed by atoms with van der Waals surface area (Å²) < 4.78 is 35.1. The van der Waals surface area contributed by atoms with Gasteiger partial charge in [0.05, 0.1) is 29.6 Å². The van der Waals surface area contributed by atoms with Crippen LogP contribution in [0, 0.1) is 0 Å². The smallest absolute Gasteiger partial charge is 0.299 e. The molecule has 0 radical (unpaired) electrons. The summed E-state index contributed by atoms with van der Waals surface area (Å²) in [6.45, 7) is 1.59. The average molecular weight is 374 g/mol. The summed E-state index contributed by atoms with van der Waals surface area (Å²) in [6, 6.07) is 11.3. The van der Waals surface area contributed by atoms with Crippen LogP contribution in [0.25, 0.3) is 11.3 Å². The van der Waals surface area contributed by atoms with Gasteiger partial charge in [0.15, 0.2) is 15.6 Å². The van der Waals surface area contributed by atoms with Crippen LogP contribution in [0.15, 0.2) is 58.0 Å². The highest BCUT2D eigenvalue weighted by Crippen LogP contribution is 2.32. The average Bonchev–Trinajstić information content (AvgIpc) is 3.10. The Bertz CT molecular complexity index is 1030. The Hall–Kier alpha value is -3.00. The van der Waals surface area contributed by atoms with Crippen LogP contribution in [0.2, 0.25) is 0 Å². The Morgan fingerprint density at radius 1 is 1.23 bits per heavy atom. The Kier molecular flexibility index (Phi) is 4.85. The van der Waals surface area contributed by atoms with Crippen molar-refractivity contribution in [1.29, 1.82) is 0 Å². The number of nitrogens with one attached hydrogen (secondary N) is 1. The highest BCUT2D eigenvalue weighted by atomic mass is 32.2. The molecule has 136 valence electrons. The van der Waals surface area contributed by atoms with Crippen LogP contribution in [0.1, 0.15) is 6.92 Å². The van der Waals surface area contributed by atoms with Gasteiger partial charge in [-0.3, -0.25) is 0 Å². The van der Waals surface area contributed by atoms with Crippen molar-refractivity contribution in [1.82, 2.24) is 4.98 Å². The fourth-order valence-electron chi connectivity index (χ4n) is 2.38. The molecule has 2 aromatic carbocycles. The van der Waals surface area contributed by atoms with Crippen LogP contribution in [-0.2, 0) is 9.84 Å². The van der Waals surface area contributed by atoms with Crippen molar-refractivity contribution in [3.8, 4) is 22.8 Å². The molecule has 0 aliphatic carbocycles. The normalized spacial score (nSPS) is 11.3. The van der Waals surface area contributed by atoms with E-state index in [1.165, 1.54) is 25.4 Å². The predicted molar refractivity (Wildman–Crippen MR) is 97.6 cm³/mol. The molecule has 1 heterocycles. The molecule has 3 rings (SSSR count). The molecule has 0 spiro atoms. The summed E-state index contributed by atoms with van der Waals surface area (Å²) in [5, 5.41) is 12.5. The van der Waals surface area contributed by atoms with Gasteiger partial charge in [-0.2, -0.15) is 0 Å². The number of hydrogen-bond acceptors (Lipinski definition) is 7. The van der Waals surface area contributed by atoms with Gasteiger partial charge in [-0.05, 0) is 30.3 Å². The molecule has 0 saturated carbocycles. The molecule has 0 unspecified atom stereocenters. The second kappa shape index (κ2) is 7.09. The van der Waals surface area contributed by atoms with Crippen molar-refractivity contribution in [3.05, 3.63) is 48.7 Å². The first-order valence-corrected chi connectivity index (χ1v) is 9.51. The van der Waals surface area contributed by atoms with E-state index >= 15 is 0 Å². The lowest BCUT2D eigenvalue weighted by molar-refractivity contribution is 0.416. The van der Waals surface area contributed by atoms with Crippen LogP contribution in [0.5, 0.6) is 11.5 Å². The first-order valence-electron chi connectivity index (χ1n) is 7.86. The molecule has 0 aliphatic heterocycles. The number of methoxy groups -OCH3 is 1. The number of oxazole rings is 1. The number of sulfone groups is 1. The number of benzene rings is 2. The number of anilines is 2. The topological polar surface area (TPSA) is 102 Å². The van der Waals surface area contributed by atoms with Crippen LogP contribution in [0.3, 0.4) is 0 Å². The molecule has 26 heavy (non-hydrogen) atoms. The van der Waals surface area contributed by atoms with E-state index in [4.69, 9.17) is 9.15 Å². The fraction of sp³-hybridized carbons (Fsp3) is 0.167. The molecule has 0 fully saturated rings. The third-order valence-electron chi connectivity index (χ3n) is 3.79. The molecule has 7 nitrogen and oxygen atoms in total. The zero-order valence-corrected chi connectivity index (χ0v) is 15.1. The van der Waals surface area contributed by atoms with Gasteiger partial charge in [0.25, 0.3) is 6.01 Å². The summed E-state index contributed by atoms with van der Waals surface area (Å²) in [5.74, 6) is 1.03.